The molecule has 42 heavy (non-hydrogen) atoms. The molecule has 2 heterocycles. The number of anilines is 1. The van der Waals surface area contributed by atoms with Gasteiger partial charge in [-0.3, -0.25) is 14.7 Å². The Kier molecular flexibility index (Phi) is 10.8. The zero-order chi connectivity index (χ0) is 30.3. The highest BCUT2D eigenvalue weighted by Crippen LogP contribution is 2.34. The van der Waals surface area contributed by atoms with Gasteiger partial charge in [-0.05, 0) is 74.8 Å². The summed E-state index contributed by atoms with van der Waals surface area (Å²) in [4.78, 5) is 21.1. The molecule has 1 aromatic heterocycles. The molecule has 1 N–H and O–H groups in total. The number of carboxylic acid groups (broad SMARTS) is 1. The molecule has 0 spiro atoms. The van der Waals surface area contributed by atoms with Gasteiger partial charge in [0.2, 0.25) is 0 Å². The zero-order valence-electron chi connectivity index (χ0n) is 24.5. The molecule has 0 aliphatic carbocycles. The topological polar surface area (TPSA) is 65.9 Å². The molecule has 6 nitrogen and oxygen atoms in total. The van der Waals surface area contributed by atoms with Gasteiger partial charge in [0.25, 0.3) is 0 Å². The number of benzene rings is 2. The van der Waals surface area contributed by atoms with Crippen molar-refractivity contribution in [3.63, 3.8) is 0 Å². The summed E-state index contributed by atoms with van der Waals surface area (Å²) >= 11 is 1.65. The number of fused-ring (bicyclic) bond motifs is 1. The maximum absolute atomic E-state index is 13.0. The molecule has 4 rings (SSSR count). The highest BCUT2D eigenvalue weighted by atomic mass is 32.2. The molecule has 1 aliphatic rings. The molecule has 228 valence electrons. The van der Waals surface area contributed by atoms with Crippen LogP contribution < -0.4 is 4.90 Å². The number of pyridine rings is 1. The number of piperazine rings is 1. The lowest BCUT2D eigenvalue weighted by atomic mass is 9.93. The van der Waals surface area contributed by atoms with E-state index >= 15 is 0 Å². The second-order valence-corrected chi connectivity index (χ2v) is 12.7. The number of rotatable bonds is 13. The number of halogens is 3. The summed E-state index contributed by atoms with van der Waals surface area (Å²) in [5.41, 5.74) is 2.52. The van der Waals surface area contributed by atoms with Crippen LogP contribution in [0.5, 0.6) is 0 Å². The first kappa shape index (κ1) is 32.1. The minimum Gasteiger partial charge on any atom is -0.481 e. The maximum Gasteiger partial charge on any atom is 0.416 e. The first-order valence-corrected chi connectivity index (χ1v) is 15.4. The fraction of sp³-hybridized carbons (Fsp3) is 0.500. The van der Waals surface area contributed by atoms with E-state index < -0.39 is 23.1 Å². The third kappa shape index (κ3) is 8.61. The molecular formula is C32H40F3N3O3S. The van der Waals surface area contributed by atoms with Gasteiger partial charge in [0.15, 0.2) is 0 Å². The maximum atomic E-state index is 13.0. The van der Waals surface area contributed by atoms with Gasteiger partial charge < -0.3 is 14.7 Å². The van der Waals surface area contributed by atoms with Gasteiger partial charge in [0, 0.05) is 61.5 Å². The van der Waals surface area contributed by atoms with Gasteiger partial charge in [0.1, 0.15) is 0 Å². The number of aryl methyl sites for hydroxylation is 1. The lowest BCUT2D eigenvalue weighted by Crippen LogP contribution is -2.50. The average Bonchev–Trinajstić information content (AvgIpc) is 2.94. The fourth-order valence-corrected chi connectivity index (χ4v) is 6.27. The van der Waals surface area contributed by atoms with Crippen LogP contribution in [0.4, 0.5) is 18.9 Å². The molecule has 0 bridgehead atoms. The summed E-state index contributed by atoms with van der Waals surface area (Å²) in [6.45, 7) is 10.9. The van der Waals surface area contributed by atoms with Crippen LogP contribution in [-0.2, 0) is 22.3 Å². The molecule has 1 saturated heterocycles. The summed E-state index contributed by atoms with van der Waals surface area (Å²) in [5.74, 6) is 0.121. The molecule has 1 fully saturated rings. The summed E-state index contributed by atoms with van der Waals surface area (Å²) < 4.78 is 44.9. The Hall–Kier alpha value is -2.82. The minimum absolute atomic E-state index is 0.367. The number of thioether (sulfide) groups is 1. The number of aliphatic carboxylic acids is 1. The predicted molar refractivity (Wildman–Crippen MR) is 162 cm³/mol. The summed E-state index contributed by atoms with van der Waals surface area (Å²) in [7, 11) is 0. The van der Waals surface area contributed by atoms with Crippen molar-refractivity contribution in [3.05, 3.63) is 65.4 Å². The monoisotopic (exact) mass is 603 g/mol. The molecule has 0 amide bonds. The molecule has 0 radical (unpaired) electrons. The number of alkyl halides is 3. The summed E-state index contributed by atoms with van der Waals surface area (Å²) in [6, 6.07) is 12.1. The van der Waals surface area contributed by atoms with Gasteiger partial charge in [0.05, 0.1) is 23.1 Å². The molecule has 0 saturated carbocycles. The molecule has 10 heteroatoms. The van der Waals surface area contributed by atoms with Crippen LogP contribution in [0.3, 0.4) is 0 Å². The Morgan fingerprint density at radius 3 is 2.48 bits per heavy atom. The number of hydrogen-bond acceptors (Lipinski definition) is 6. The number of carbonyl (C=O) groups is 1. The zero-order valence-corrected chi connectivity index (χ0v) is 25.4. The second kappa shape index (κ2) is 14.1. The highest BCUT2D eigenvalue weighted by molar-refractivity contribution is 7.99. The van der Waals surface area contributed by atoms with E-state index in [1.807, 2.05) is 6.07 Å². The van der Waals surface area contributed by atoms with Crippen molar-refractivity contribution in [2.45, 2.75) is 57.7 Å². The van der Waals surface area contributed by atoms with E-state index in [-0.39, 0.29) is 0 Å². The Morgan fingerprint density at radius 1 is 1.02 bits per heavy atom. The van der Waals surface area contributed by atoms with Crippen molar-refractivity contribution < 1.29 is 27.8 Å². The Balaban J connectivity index is 1.13. The molecule has 1 aliphatic heterocycles. The van der Waals surface area contributed by atoms with Crippen LogP contribution in [0.2, 0.25) is 0 Å². The molecular weight excluding hydrogens is 563 g/mol. The lowest BCUT2D eigenvalue weighted by Gasteiger charge is -2.39. The number of nitrogens with zero attached hydrogens (tertiary/aromatic N) is 3. The van der Waals surface area contributed by atoms with E-state index in [1.165, 1.54) is 17.3 Å². The van der Waals surface area contributed by atoms with Crippen LogP contribution >= 0.6 is 11.8 Å². The van der Waals surface area contributed by atoms with Gasteiger partial charge in [-0.15, -0.1) is 11.8 Å². The summed E-state index contributed by atoms with van der Waals surface area (Å²) in [5, 5.41) is 10.2. The van der Waals surface area contributed by atoms with Gasteiger partial charge in [-0.2, -0.15) is 13.2 Å². The van der Waals surface area contributed by atoms with Crippen molar-refractivity contribution in [3.8, 4) is 0 Å². The normalized spacial score (nSPS) is 15.0. The standard InChI is InChI=1S/C32H40F3N3O3S/c1-23-19-24(7-10-28(23)38-15-13-37(14-16-38)22-31(2,3)30(39)40)21-41-17-5-4-6-18-42-29-11-12-36-27-20-25(32(33,34)35)8-9-26(27)29/h7-12,19-20H,4-6,13-18,21-22H2,1-3H3,(H,39,40). The van der Waals surface area contributed by atoms with Crippen molar-refractivity contribution in [2.75, 3.05) is 50.0 Å². The van der Waals surface area contributed by atoms with E-state index in [0.29, 0.717) is 25.3 Å². The Bertz CT molecular complexity index is 1360. The summed E-state index contributed by atoms with van der Waals surface area (Å²) in [6.07, 6.45) is 0.157. The van der Waals surface area contributed by atoms with Crippen LogP contribution in [0, 0.1) is 12.3 Å². The number of carboxylic acids is 1. The van der Waals surface area contributed by atoms with E-state index in [2.05, 4.69) is 39.9 Å². The highest BCUT2D eigenvalue weighted by Gasteiger charge is 2.32. The van der Waals surface area contributed by atoms with Crippen molar-refractivity contribution in [2.24, 2.45) is 5.41 Å². The van der Waals surface area contributed by atoms with E-state index in [4.69, 9.17) is 4.74 Å². The molecule has 0 atom stereocenters. The quantitative estimate of drug-likeness (QED) is 0.163. The smallest absolute Gasteiger partial charge is 0.416 e. The van der Waals surface area contributed by atoms with Crippen LogP contribution in [0.25, 0.3) is 10.9 Å². The lowest BCUT2D eigenvalue weighted by molar-refractivity contribution is -0.148. The van der Waals surface area contributed by atoms with E-state index in [0.717, 1.165) is 79.2 Å². The first-order chi connectivity index (χ1) is 19.9. The molecule has 0 unspecified atom stereocenters. The minimum atomic E-state index is -4.37. The van der Waals surface area contributed by atoms with Gasteiger partial charge in [-0.25, -0.2) is 0 Å². The van der Waals surface area contributed by atoms with Crippen molar-refractivity contribution >= 4 is 34.3 Å². The second-order valence-electron chi connectivity index (χ2n) is 11.6. The Morgan fingerprint density at radius 2 is 1.79 bits per heavy atom. The van der Waals surface area contributed by atoms with E-state index in [1.54, 1.807) is 31.8 Å². The molecule has 2 aromatic carbocycles. The first-order valence-electron chi connectivity index (χ1n) is 14.4. The largest absolute Gasteiger partial charge is 0.481 e. The van der Waals surface area contributed by atoms with Gasteiger partial charge >= 0.3 is 12.1 Å². The number of aromatic nitrogens is 1. The van der Waals surface area contributed by atoms with Crippen molar-refractivity contribution in [1.29, 1.82) is 0 Å². The third-order valence-corrected chi connectivity index (χ3v) is 8.82. The average molecular weight is 604 g/mol. The number of ether oxygens (including phenoxy) is 1. The van der Waals surface area contributed by atoms with Crippen LogP contribution in [0.1, 0.15) is 49.8 Å². The van der Waals surface area contributed by atoms with Gasteiger partial charge in [-0.1, -0.05) is 24.6 Å². The van der Waals surface area contributed by atoms with Crippen LogP contribution in [-0.4, -0.2) is 66.0 Å². The van der Waals surface area contributed by atoms with Crippen molar-refractivity contribution in [1.82, 2.24) is 9.88 Å². The van der Waals surface area contributed by atoms with Crippen LogP contribution in [0.15, 0.2) is 53.6 Å². The number of unbranched alkanes of at least 4 members (excludes halogenated alkanes) is 2. The fourth-order valence-electron chi connectivity index (χ4n) is 5.21. The SMILES string of the molecule is Cc1cc(COCCCCCSc2ccnc3cc(C(F)(F)F)ccc23)ccc1N1CCN(CC(C)(C)C(=O)O)CC1. The number of hydrogen-bond donors (Lipinski definition) is 1. The van der Waals surface area contributed by atoms with E-state index in [9.17, 15) is 23.1 Å². The third-order valence-electron chi connectivity index (χ3n) is 7.66. The predicted octanol–water partition coefficient (Wildman–Crippen LogP) is 7.27. The Labute approximate surface area is 250 Å². The molecule has 3 aromatic rings.